The van der Waals surface area contributed by atoms with Crippen LogP contribution in [-0.2, 0) is 9.59 Å². The Bertz CT molecular complexity index is 566. The number of likely N-dealkylation sites (tertiary alicyclic amines) is 1. The van der Waals surface area contributed by atoms with Gasteiger partial charge in [0.05, 0.1) is 19.1 Å². The van der Waals surface area contributed by atoms with E-state index in [4.69, 9.17) is 4.74 Å². The second-order valence-electron chi connectivity index (χ2n) is 6.15. The molecule has 1 aliphatic carbocycles. The minimum atomic E-state index is -0.203. The van der Waals surface area contributed by atoms with Gasteiger partial charge in [0.1, 0.15) is 5.75 Å². The average molecular weight is 302 g/mol. The third-order valence-electron chi connectivity index (χ3n) is 4.58. The van der Waals surface area contributed by atoms with Crippen LogP contribution in [0.5, 0.6) is 5.75 Å². The van der Waals surface area contributed by atoms with Gasteiger partial charge in [-0.05, 0) is 37.0 Å². The van der Waals surface area contributed by atoms with Crippen molar-refractivity contribution < 1.29 is 14.3 Å². The van der Waals surface area contributed by atoms with Crippen LogP contribution in [-0.4, -0.2) is 36.9 Å². The van der Waals surface area contributed by atoms with Crippen molar-refractivity contribution in [3.63, 3.8) is 0 Å². The maximum Gasteiger partial charge on any atom is 0.225 e. The molecular weight excluding hydrogens is 280 g/mol. The molecule has 1 heterocycles. The molecule has 0 unspecified atom stereocenters. The molecule has 1 aromatic rings. The van der Waals surface area contributed by atoms with Gasteiger partial charge in [-0.2, -0.15) is 0 Å². The van der Waals surface area contributed by atoms with Gasteiger partial charge in [0.15, 0.2) is 0 Å². The van der Waals surface area contributed by atoms with E-state index in [1.165, 1.54) is 0 Å². The van der Waals surface area contributed by atoms with Gasteiger partial charge in [-0.25, -0.2) is 0 Å². The molecule has 1 aromatic carbocycles. The number of piperidine rings is 1. The van der Waals surface area contributed by atoms with Gasteiger partial charge in [-0.1, -0.05) is 12.1 Å². The summed E-state index contributed by atoms with van der Waals surface area (Å²) in [6.07, 6.45) is 3.19. The molecule has 5 nitrogen and oxygen atoms in total. The molecule has 0 bridgehead atoms. The molecule has 0 spiro atoms. The predicted molar refractivity (Wildman–Crippen MR) is 82.4 cm³/mol. The topological polar surface area (TPSA) is 58.6 Å². The maximum atomic E-state index is 12.5. The summed E-state index contributed by atoms with van der Waals surface area (Å²) < 4.78 is 5.18. The normalized spacial score (nSPS) is 25.0. The van der Waals surface area contributed by atoms with Crippen LogP contribution in [0.1, 0.15) is 37.3 Å². The summed E-state index contributed by atoms with van der Waals surface area (Å²) >= 11 is 0. The second-order valence-corrected chi connectivity index (χ2v) is 6.15. The SMILES string of the molecule is COc1ccc([C@@H]2[C@H](C(=O)NC3CC3)CCC(=O)N2C)cc1. The first-order valence-corrected chi connectivity index (χ1v) is 7.80. The number of carbonyl (C=O) groups excluding carboxylic acids is 2. The summed E-state index contributed by atoms with van der Waals surface area (Å²) in [6.45, 7) is 0. The Labute approximate surface area is 130 Å². The van der Waals surface area contributed by atoms with Crippen molar-refractivity contribution in [2.45, 2.75) is 37.8 Å². The van der Waals surface area contributed by atoms with Crippen molar-refractivity contribution in [1.82, 2.24) is 10.2 Å². The maximum absolute atomic E-state index is 12.5. The quantitative estimate of drug-likeness (QED) is 0.924. The lowest BCUT2D eigenvalue weighted by Crippen LogP contribution is -2.46. The Balaban J connectivity index is 1.85. The number of nitrogens with one attached hydrogen (secondary N) is 1. The highest BCUT2D eigenvalue weighted by atomic mass is 16.5. The van der Waals surface area contributed by atoms with E-state index < -0.39 is 0 Å². The largest absolute Gasteiger partial charge is 0.497 e. The fraction of sp³-hybridized carbons (Fsp3) is 0.529. The number of amides is 2. The van der Waals surface area contributed by atoms with Gasteiger partial charge < -0.3 is 15.0 Å². The van der Waals surface area contributed by atoms with E-state index >= 15 is 0 Å². The van der Waals surface area contributed by atoms with Crippen molar-refractivity contribution in [2.75, 3.05) is 14.2 Å². The fourth-order valence-corrected chi connectivity index (χ4v) is 3.11. The zero-order valence-electron chi connectivity index (χ0n) is 13.0. The molecule has 1 saturated carbocycles. The van der Waals surface area contributed by atoms with Gasteiger partial charge in [0.25, 0.3) is 0 Å². The molecule has 1 saturated heterocycles. The van der Waals surface area contributed by atoms with Gasteiger partial charge >= 0.3 is 0 Å². The molecule has 5 heteroatoms. The van der Waals surface area contributed by atoms with E-state index in [1.54, 1.807) is 19.1 Å². The third kappa shape index (κ3) is 2.93. The molecule has 1 aliphatic heterocycles. The van der Waals surface area contributed by atoms with Crippen molar-refractivity contribution in [3.8, 4) is 5.75 Å². The summed E-state index contributed by atoms with van der Waals surface area (Å²) in [5.41, 5.74) is 0.979. The van der Waals surface area contributed by atoms with E-state index in [9.17, 15) is 9.59 Å². The Hall–Kier alpha value is -2.04. The number of hydrogen-bond acceptors (Lipinski definition) is 3. The second kappa shape index (κ2) is 5.99. The molecule has 2 amide bonds. The summed E-state index contributed by atoms with van der Waals surface area (Å²) in [5.74, 6) is 0.753. The van der Waals surface area contributed by atoms with Crippen LogP contribution in [0, 0.1) is 5.92 Å². The van der Waals surface area contributed by atoms with Crippen molar-refractivity contribution in [3.05, 3.63) is 29.8 Å². The molecule has 0 radical (unpaired) electrons. The first-order valence-electron chi connectivity index (χ1n) is 7.80. The molecule has 2 atom stereocenters. The summed E-state index contributed by atoms with van der Waals surface area (Å²) in [5, 5.41) is 3.08. The molecule has 0 aromatic heterocycles. The Morgan fingerprint density at radius 2 is 1.91 bits per heavy atom. The lowest BCUT2D eigenvalue weighted by Gasteiger charge is -2.38. The van der Waals surface area contributed by atoms with Gasteiger partial charge in [-0.15, -0.1) is 0 Å². The van der Waals surface area contributed by atoms with Crippen LogP contribution < -0.4 is 10.1 Å². The molecule has 118 valence electrons. The van der Waals surface area contributed by atoms with Crippen molar-refractivity contribution >= 4 is 11.8 Å². The highest BCUT2D eigenvalue weighted by Gasteiger charge is 2.40. The van der Waals surface area contributed by atoms with E-state index in [1.807, 2.05) is 24.3 Å². The number of hydrogen-bond donors (Lipinski definition) is 1. The Morgan fingerprint density at radius 3 is 2.50 bits per heavy atom. The summed E-state index contributed by atoms with van der Waals surface area (Å²) in [4.78, 5) is 26.3. The van der Waals surface area contributed by atoms with Gasteiger partial charge in [0.2, 0.25) is 11.8 Å². The van der Waals surface area contributed by atoms with E-state index in [2.05, 4.69) is 5.32 Å². The molecule has 22 heavy (non-hydrogen) atoms. The predicted octanol–water partition coefficient (Wildman–Crippen LogP) is 1.88. The van der Waals surface area contributed by atoms with E-state index in [0.29, 0.717) is 18.9 Å². The van der Waals surface area contributed by atoms with Gasteiger partial charge in [0, 0.05) is 19.5 Å². The molecule has 1 N–H and O–H groups in total. The molecular formula is C17H22N2O3. The number of benzene rings is 1. The number of rotatable bonds is 4. The zero-order chi connectivity index (χ0) is 15.7. The highest BCUT2D eigenvalue weighted by molar-refractivity contribution is 5.85. The molecule has 2 aliphatic rings. The minimum Gasteiger partial charge on any atom is -0.497 e. The summed E-state index contributed by atoms with van der Waals surface area (Å²) in [6, 6.07) is 7.76. The van der Waals surface area contributed by atoms with Crippen LogP contribution in [0.15, 0.2) is 24.3 Å². The zero-order valence-corrected chi connectivity index (χ0v) is 13.0. The van der Waals surface area contributed by atoms with Crippen LogP contribution in [0.3, 0.4) is 0 Å². The number of nitrogens with zero attached hydrogens (tertiary/aromatic N) is 1. The van der Waals surface area contributed by atoms with Crippen molar-refractivity contribution in [2.24, 2.45) is 5.92 Å². The lowest BCUT2D eigenvalue weighted by atomic mass is 9.84. The van der Waals surface area contributed by atoms with E-state index in [0.717, 1.165) is 24.2 Å². The van der Waals surface area contributed by atoms with Crippen LogP contribution in [0.4, 0.5) is 0 Å². The lowest BCUT2D eigenvalue weighted by molar-refractivity contribution is -0.141. The standard InChI is InChI=1S/C17H22N2O3/c1-19-15(20)10-9-14(17(21)18-12-5-6-12)16(19)11-3-7-13(22-2)8-4-11/h3-4,7-8,12,14,16H,5-6,9-10H2,1-2H3,(H,18,21)/t14-,16-/m1/s1. The van der Waals surface area contributed by atoms with Crippen LogP contribution in [0.25, 0.3) is 0 Å². The third-order valence-corrected chi connectivity index (χ3v) is 4.58. The van der Waals surface area contributed by atoms with E-state index in [-0.39, 0.29) is 23.8 Å². The van der Waals surface area contributed by atoms with Crippen LogP contribution >= 0.6 is 0 Å². The highest BCUT2D eigenvalue weighted by Crippen LogP contribution is 2.37. The first-order chi connectivity index (χ1) is 10.6. The monoisotopic (exact) mass is 302 g/mol. The Kier molecular flexibility index (Phi) is 4.05. The number of ether oxygens (including phenoxy) is 1. The Morgan fingerprint density at radius 1 is 1.23 bits per heavy atom. The van der Waals surface area contributed by atoms with Gasteiger partial charge in [-0.3, -0.25) is 9.59 Å². The smallest absolute Gasteiger partial charge is 0.225 e. The number of methoxy groups -OCH3 is 1. The fourth-order valence-electron chi connectivity index (χ4n) is 3.11. The minimum absolute atomic E-state index is 0.0719. The average Bonchev–Trinajstić information content (AvgIpc) is 3.34. The first kappa shape index (κ1) is 14.9. The molecule has 3 rings (SSSR count). The van der Waals surface area contributed by atoms with Crippen LogP contribution in [0.2, 0.25) is 0 Å². The summed E-state index contributed by atoms with van der Waals surface area (Å²) in [7, 11) is 3.41. The molecule has 2 fully saturated rings. The number of carbonyl (C=O) groups is 2. The van der Waals surface area contributed by atoms with Crippen molar-refractivity contribution in [1.29, 1.82) is 0 Å².